The van der Waals surface area contributed by atoms with Gasteiger partial charge < -0.3 is 19.7 Å². The number of nitrogens with zero attached hydrogens (tertiary/aromatic N) is 1. The molecule has 0 aromatic heterocycles. The second kappa shape index (κ2) is 6.74. The van der Waals surface area contributed by atoms with Gasteiger partial charge in [-0.1, -0.05) is 6.07 Å². The third-order valence-corrected chi connectivity index (χ3v) is 3.68. The Kier molecular flexibility index (Phi) is 5.14. The van der Waals surface area contributed by atoms with E-state index in [0.717, 1.165) is 0 Å². The molecule has 1 N–H and O–H groups in total. The van der Waals surface area contributed by atoms with Gasteiger partial charge in [0.25, 0.3) is 0 Å². The molecule has 1 aromatic carbocycles. The third kappa shape index (κ3) is 4.34. The van der Waals surface area contributed by atoms with Gasteiger partial charge in [0.05, 0.1) is 7.11 Å². The summed E-state index contributed by atoms with van der Waals surface area (Å²) in [7, 11) is 1.53. The van der Waals surface area contributed by atoms with Gasteiger partial charge in [-0.25, -0.2) is 9.18 Å². The summed E-state index contributed by atoms with van der Waals surface area (Å²) in [5.74, 6) is 0.223. The lowest BCUT2D eigenvalue weighted by Crippen LogP contribution is -2.60. The van der Waals surface area contributed by atoms with E-state index >= 15 is 0 Å². The number of benzene rings is 1. The quantitative estimate of drug-likeness (QED) is 0.924. The van der Waals surface area contributed by atoms with Crippen LogP contribution in [0.15, 0.2) is 18.2 Å². The van der Waals surface area contributed by atoms with Crippen molar-refractivity contribution in [2.24, 2.45) is 0 Å². The number of carbonyl (C=O) groups excluding carboxylic acids is 1. The smallest absolute Gasteiger partial charge is 0.410 e. The molecule has 0 aliphatic carbocycles. The number of amides is 1. The van der Waals surface area contributed by atoms with Gasteiger partial charge >= 0.3 is 6.09 Å². The van der Waals surface area contributed by atoms with Crippen molar-refractivity contribution in [2.75, 3.05) is 20.2 Å². The van der Waals surface area contributed by atoms with Crippen molar-refractivity contribution < 1.29 is 18.7 Å². The Morgan fingerprint density at radius 1 is 1.39 bits per heavy atom. The molecular weight excluding hydrogens is 299 g/mol. The molecule has 1 aliphatic rings. The monoisotopic (exact) mass is 324 g/mol. The van der Waals surface area contributed by atoms with Gasteiger partial charge in [-0.15, -0.1) is 0 Å². The number of likely N-dealkylation sites (tertiary alicyclic amines) is 1. The number of halogens is 1. The van der Waals surface area contributed by atoms with Crippen LogP contribution in [0, 0.1) is 5.82 Å². The first-order valence-electron chi connectivity index (χ1n) is 7.77. The normalized spacial score (nSPS) is 16.7. The van der Waals surface area contributed by atoms with Crippen LogP contribution in [0.3, 0.4) is 0 Å². The van der Waals surface area contributed by atoms with Gasteiger partial charge in [0.15, 0.2) is 0 Å². The molecule has 0 bridgehead atoms. The fraction of sp³-hybridized carbons (Fsp3) is 0.588. The fourth-order valence-electron chi connectivity index (χ4n) is 2.61. The highest BCUT2D eigenvalue weighted by Crippen LogP contribution is 2.28. The number of ether oxygens (including phenoxy) is 2. The van der Waals surface area contributed by atoms with Gasteiger partial charge in [0.2, 0.25) is 0 Å². The number of rotatable bonds is 4. The molecule has 1 amide bonds. The number of hydrogen-bond acceptors (Lipinski definition) is 4. The highest BCUT2D eigenvalue weighted by atomic mass is 19.1. The van der Waals surface area contributed by atoms with E-state index in [1.54, 1.807) is 17.0 Å². The SMILES string of the molecule is COc1cccc(F)c1C(C)NC1CN(C(=O)OC(C)(C)C)C1. The van der Waals surface area contributed by atoms with Crippen molar-refractivity contribution in [3.8, 4) is 5.75 Å². The highest BCUT2D eigenvalue weighted by Gasteiger charge is 2.34. The zero-order chi connectivity index (χ0) is 17.2. The standard InChI is InChI=1S/C17H25FN2O3/c1-11(15-13(18)7-6-8-14(15)22-5)19-12-9-20(10-12)16(21)23-17(2,3)4/h6-8,11-12,19H,9-10H2,1-5H3. The average Bonchev–Trinajstić information content (AvgIpc) is 2.39. The third-order valence-electron chi connectivity index (χ3n) is 3.68. The van der Waals surface area contributed by atoms with Crippen LogP contribution >= 0.6 is 0 Å². The maximum absolute atomic E-state index is 14.0. The van der Waals surface area contributed by atoms with E-state index in [1.165, 1.54) is 13.2 Å². The van der Waals surface area contributed by atoms with Crippen LogP contribution in [0.4, 0.5) is 9.18 Å². The summed E-state index contributed by atoms with van der Waals surface area (Å²) in [6, 6.07) is 4.69. The molecule has 0 saturated carbocycles. The molecule has 0 radical (unpaired) electrons. The maximum atomic E-state index is 14.0. The average molecular weight is 324 g/mol. The number of methoxy groups -OCH3 is 1. The molecule has 6 heteroatoms. The van der Waals surface area contributed by atoms with Crippen LogP contribution in [-0.4, -0.2) is 42.8 Å². The van der Waals surface area contributed by atoms with Crippen molar-refractivity contribution >= 4 is 6.09 Å². The van der Waals surface area contributed by atoms with Gasteiger partial charge in [0, 0.05) is 30.7 Å². The molecule has 1 heterocycles. The Labute approximate surface area is 136 Å². The zero-order valence-corrected chi connectivity index (χ0v) is 14.4. The largest absolute Gasteiger partial charge is 0.496 e. The Hall–Kier alpha value is -1.82. The molecule has 1 aromatic rings. The van der Waals surface area contributed by atoms with E-state index in [0.29, 0.717) is 24.4 Å². The molecule has 23 heavy (non-hydrogen) atoms. The van der Waals surface area contributed by atoms with Crippen molar-refractivity contribution in [1.29, 1.82) is 0 Å². The van der Waals surface area contributed by atoms with Gasteiger partial charge in [-0.2, -0.15) is 0 Å². The summed E-state index contributed by atoms with van der Waals surface area (Å²) in [5.41, 5.74) is 0.00869. The van der Waals surface area contributed by atoms with E-state index in [2.05, 4.69) is 5.32 Å². The zero-order valence-electron chi connectivity index (χ0n) is 14.4. The molecule has 1 fully saturated rings. The summed E-state index contributed by atoms with van der Waals surface area (Å²) in [5, 5.41) is 3.33. The number of carbonyl (C=O) groups is 1. The van der Waals surface area contributed by atoms with Crippen molar-refractivity contribution in [2.45, 2.75) is 45.4 Å². The molecule has 1 atom stereocenters. The highest BCUT2D eigenvalue weighted by molar-refractivity contribution is 5.69. The van der Waals surface area contributed by atoms with Crippen molar-refractivity contribution in [1.82, 2.24) is 10.2 Å². The van der Waals surface area contributed by atoms with Crippen LogP contribution in [0.1, 0.15) is 39.3 Å². The predicted octanol–water partition coefficient (Wildman–Crippen LogP) is 3.10. The van der Waals surface area contributed by atoms with E-state index in [-0.39, 0.29) is 24.0 Å². The maximum Gasteiger partial charge on any atom is 0.410 e. The van der Waals surface area contributed by atoms with E-state index in [4.69, 9.17) is 9.47 Å². The van der Waals surface area contributed by atoms with Crippen LogP contribution in [0.2, 0.25) is 0 Å². The molecule has 0 spiro atoms. The summed E-state index contributed by atoms with van der Waals surface area (Å²) in [6.07, 6.45) is -0.313. The van der Waals surface area contributed by atoms with Gasteiger partial charge in [0.1, 0.15) is 17.2 Å². The first-order valence-corrected chi connectivity index (χ1v) is 7.77. The van der Waals surface area contributed by atoms with Crippen LogP contribution in [-0.2, 0) is 4.74 Å². The second-order valence-corrected chi connectivity index (χ2v) is 6.83. The topological polar surface area (TPSA) is 50.8 Å². The lowest BCUT2D eigenvalue weighted by molar-refractivity contribution is 0.00426. The summed E-state index contributed by atoms with van der Waals surface area (Å²) in [6.45, 7) is 8.51. The second-order valence-electron chi connectivity index (χ2n) is 6.83. The van der Waals surface area contributed by atoms with Crippen LogP contribution in [0.5, 0.6) is 5.75 Å². The van der Waals surface area contributed by atoms with E-state index in [1.807, 2.05) is 27.7 Å². The minimum atomic E-state index is -0.497. The lowest BCUT2D eigenvalue weighted by atomic mass is 10.0. The number of hydrogen-bond donors (Lipinski definition) is 1. The Morgan fingerprint density at radius 3 is 2.61 bits per heavy atom. The molecule has 128 valence electrons. The molecule has 1 unspecified atom stereocenters. The van der Waals surface area contributed by atoms with Crippen LogP contribution < -0.4 is 10.1 Å². The Bertz CT molecular complexity index is 565. The van der Waals surface area contributed by atoms with Gasteiger partial charge in [-0.05, 0) is 39.8 Å². The summed E-state index contributed by atoms with van der Waals surface area (Å²) >= 11 is 0. The first-order chi connectivity index (χ1) is 10.7. The minimum Gasteiger partial charge on any atom is -0.496 e. The fourth-order valence-corrected chi connectivity index (χ4v) is 2.61. The molecular formula is C17H25FN2O3. The first kappa shape index (κ1) is 17.5. The Balaban J connectivity index is 1.90. The van der Waals surface area contributed by atoms with Crippen LogP contribution in [0.25, 0.3) is 0 Å². The molecule has 1 aliphatic heterocycles. The lowest BCUT2D eigenvalue weighted by Gasteiger charge is -2.41. The Morgan fingerprint density at radius 2 is 2.04 bits per heavy atom. The van der Waals surface area contributed by atoms with E-state index < -0.39 is 5.60 Å². The predicted molar refractivity (Wildman–Crippen MR) is 86.1 cm³/mol. The van der Waals surface area contributed by atoms with Crippen molar-refractivity contribution in [3.05, 3.63) is 29.6 Å². The molecule has 1 saturated heterocycles. The molecule has 2 rings (SSSR count). The minimum absolute atomic E-state index is 0.113. The van der Waals surface area contributed by atoms with Crippen molar-refractivity contribution in [3.63, 3.8) is 0 Å². The van der Waals surface area contributed by atoms with Gasteiger partial charge in [-0.3, -0.25) is 0 Å². The van der Waals surface area contributed by atoms with E-state index in [9.17, 15) is 9.18 Å². The molecule has 5 nitrogen and oxygen atoms in total. The summed E-state index contributed by atoms with van der Waals surface area (Å²) < 4.78 is 24.6. The summed E-state index contributed by atoms with van der Waals surface area (Å²) in [4.78, 5) is 13.5. The number of nitrogens with one attached hydrogen (secondary N) is 1.